The average Bonchev–Trinajstić information content (AvgIpc) is 2.68. The number of alkyl halides is 2. The van der Waals surface area contributed by atoms with E-state index in [4.69, 9.17) is 0 Å². The number of carbonyl (C=O) groups excluding carboxylic acids is 1. The predicted molar refractivity (Wildman–Crippen MR) is 82.6 cm³/mol. The highest BCUT2D eigenvalue weighted by molar-refractivity contribution is 5.92. The van der Waals surface area contributed by atoms with Gasteiger partial charge in [0.15, 0.2) is 5.69 Å². The Hall–Kier alpha value is -1.66. The number of aromatic nitrogens is 2. The second-order valence-corrected chi connectivity index (χ2v) is 6.50. The van der Waals surface area contributed by atoms with Crippen LogP contribution in [0, 0.1) is 5.92 Å². The van der Waals surface area contributed by atoms with Crippen LogP contribution in [0.5, 0.6) is 5.88 Å². The lowest BCUT2D eigenvalue weighted by Gasteiger charge is -2.30. The molecule has 5 nitrogen and oxygen atoms in total. The number of rotatable bonds is 5. The van der Waals surface area contributed by atoms with Crippen molar-refractivity contribution < 1.29 is 18.3 Å². The lowest BCUT2D eigenvalue weighted by atomic mass is 9.98. The standard InChI is InChI=1S/C16H25F2N3O2/c1-11(2)9-12-7-5-4-6-8-21(12)15(22)13-10-14(20(3)19-13)23-16(17)18/h10-12,16H,4-9H2,1-3H3. The average molecular weight is 329 g/mol. The van der Waals surface area contributed by atoms with Gasteiger partial charge in [0, 0.05) is 25.7 Å². The number of halogens is 2. The molecule has 0 radical (unpaired) electrons. The van der Waals surface area contributed by atoms with Crippen LogP contribution in [-0.4, -0.2) is 39.8 Å². The second kappa shape index (κ2) is 7.75. The van der Waals surface area contributed by atoms with E-state index in [0.29, 0.717) is 12.5 Å². The molecule has 7 heteroatoms. The summed E-state index contributed by atoms with van der Waals surface area (Å²) in [6, 6.07) is 1.48. The van der Waals surface area contributed by atoms with Crippen LogP contribution in [0.1, 0.15) is 56.4 Å². The third-order valence-corrected chi connectivity index (χ3v) is 4.15. The van der Waals surface area contributed by atoms with E-state index < -0.39 is 6.61 Å². The first-order chi connectivity index (χ1) is 10.9. The summed E-state index contributed by atoms with van der Waals surface area (Å²) in [4.78, 5) is 14.7. The summed E-state index contributed by atoms with van der Waals surface area (Å²) in [6.45, 7) is 2.05. The van der Waals surface area contributed by atoms with Crippen LogP contribution < -0.4 is 4.74 Å². The van der Waals surface area contributed by atoms with Gasteiger partial charge >= 0.3 is 6.61 Å². The van der Waals surface area contributed by atoms with Crippen molar-refractivity contribution in [3.8, 4) is 5.88 Å². The molecule has 1 aromatic heterocycles. The SMILES string of the molecule is CC(C)CC1CCCCCN1C(=O)c1cc(OC(F)F)n(C)n1. The number of carbonyl (C=O) groups is 1. The first kappa shape index (κ1) is 17.7. The Kier molecular flexibility index (Phi) is 5.96. The van der Waals surface area contributed by atoms with Crippen LogP contribution in [0.25, 0.3) is 0 Å². The summed E-state index contributed by atoms with van der Waals surface area (Å²) >= 11 is 0. The van der Waals surface area contributed by atoms with Gasteiger partial charge in [0.25, 0.3) is 5.91 Å². The van der Waals surface area contributed by atoms with E-state index in [1.54, 1.807) is 0 Å². The fourth-order valence-corrected chi connectivity index (χ4v) is 3.14. The van der Waals surface area contributed by atoms with Crippen molar-refractivity contribution in [1.29, 1.82) is 0 Å². The molecule has 1 aliphatic heterocycles. The topological polar surface area (TPSA) is 47.4 Å². The quantitative estimate of drug-likeness (QED) is 0.831. The minimum Gasteiger partial charge on any atom is -0.417 e. The van der Waals surface area contributed by atoms with Gasteiger partial charge in [-0.05, 0) is 25.2 Å². The van der Waals surface area contributed by atoms with Gasteiger partial charge in [-0.25, -0.2) is 4.68 Å². The van der Waals surface area contributed by atoms with Crippen LogP contribution in [0.15, 0.2) is 6.07 Å². The summed E-state index contributed by atoms with van der Waals surface area (Å²) in [7, 11) is 1.49. The Morgan fingerprint density at radius 3 is 2.78 bits per heavy atom. The van der Waals surface area contributed by atoms with Gasteiger partial charge in [-0.15, -0.1) is 0 Å². The maximum Gasteiger partial charge on any atom is 0.388 e. The normalized spacial score (nSPS) is 19.3. The molecular weight excluding hydrogens is 304 g/mol. The van der Waals surface area contributed by atoms with Crippen molar-refractivity contribution in [2.45, 2.75) is 58.6 Å². The van der Waals surface area contributed by atoms with Gasteiger partial charge in [-0.1, -0.05) is 26.7 Å². The maximum absolute atomic E-state index is 12.8. The van der Waals surface area contributed by atoms with Crippen LogP contribution in [0.2, 0.25) is 0 Å². The number of aryl methyl sites for hydroxylation is 1. The maximum atomic E-state index is 12.8. The number of hydrogen-bond acceptors (Lipinski definition) is 3. The minimum atomic E-state index is -2.93. The first-order valence-electron chi connectivity index (χ1n) is 8.18. The molecule has 0 spiro atoms. The van der Waals surface area contributed by atoms with Crippen molar-refractivity contribution in [3.63, 3.8) is 0 Å². The minimum absolute atomic E-state index is 0.0985. The highest BCUT2D eigenvalue weighted by Crippen LogP contribution is 2.25. The van der Waals surface area contributed by atoms with Gasteiger partial charge < -0.3 is 9.64 Å². The van der Waals surface area contributed by atoms with Gasteiger partial charge in [-0.2, -0.15) is 13.9 Å². The van der Waals surface area contributed by atoms with E-state index in [2.05, 4.69) is 23.7 Å². The third-order valence-electron chi connectivity index (χ3n) is 4.15. The Morgan fingerprint density at radius 2 is 2.13 bits per heavy atom. The number of nitrogens with zero attached hydrogens (tertiary/aromatic N) is 3. The second-order valence-electron chi connectivity index (χ2n) is 6.50. The van der Waals surface area contributed by atoms with Crippen molar-refractivity contribution in [1.82, 2.24) is 14.7 Å². The van der Waals surface area contributed by atoms with E-state index in [0.717, 1.165) is 32.1 Å². The summed E-state index contributed by atoms with van der Waals surface area (Å²) in [5, 5.41) is 4.05. The molecule has 1 saturated heterocycles. The molecular formula is C16H25F2N3O2. The molecule has 1 atom stereocenters. The molecule has 130 valence electrons. The van der Waals surface area contributed by atoms with Gasteiger partial charge in [0.1, 0.15) is 0 Å². The van der Waals surface area contributed by atoms with Crippen molar-refractivity contribution in [3.05, 3.63) is 11.8 Å². The summed E-state index contributed by atoms with van der Waals surface area (Å²) in [5.74, 6) is 0.200. The number of likely N-dealkylation sites (tertiary alicyclic amines) is 1. The summed E-state index contributed by atoms with van der Waals surface area (Å²) in [5.41, 5.74) is 0.166. The zero-order chi connectivity index (χ0) is 17.0. The Balaban J connectivity index is 2.18. The molecule has 1 aromatic rings. The highest BCUT2D eigenvalue weighted by Gasteiger charge is 2.29. The molecule has 2 rings (SSSR count). The van der Waals surface area contributed by atoms with E-state index in [9.17, 15) is 13.6 Å². The zero-order valence-corrected chi connectivity index (χ0v) is 14.0. The molecule has 0 aliphatic carbocycles. The Bertz CT molecular complexity index is 531. The smallest absolute Gasteiger partial charge is 0.388 e. The summed E-state index contributed by atoms with van der Waals surface area (Å²) in [6.07, 6.45) is 5.12. The monoisotopic (exact) mass is 329 g/mol. The van der Waals surface area contributed by atoms with Gasteiger partial charge in [0.05, 0.1) is 0 Å². The largest absolute Gasteiger partial charge is 0.417 e. The first-order valence-corrected chi connectivity index (χ1v) is 8.18. The Labute approximate surface area is 135 Å². The molecule has 1 fully saturated rings. The van der Waals surface area contributed by atoms with Crippen LogP contribution in [0.4, 0.5) is 8.78 Å². The molecule has 23 heavy (non-hydrogen) atoms. The molecule has 0 bridgehead atoms. The van der Waals surface area contributed by atoms with Crippen LogP contribution in [0.3, 0.4) is 0 Å². The molecule has 1 aliphatic rings. The fourth-order valence-electron chi connectivity index (χ4n) is 3.14. The third kappa shape index (κ3) is 4.65. The van der Waals surface area contributed by atoms with Gasteiger partial charge in [0.2, 0.25) is 5.88 Å². The number of amides is 1. The molecule has 0 saturated carbocycles. The van der Waals surface area contributed by atoms with E-state index in [1.807, 2.05) is 4.90 Å². The van der Waals surface area contributed by atoms with Gasteiger partial charge in [-0.3, -0.25) is 4.79 Å². The lowest BCUT2D eigenvalue weighted by molar-refractivity contribution is -0.0553. The van der Waals surface area contributed by atoms with E-state index >= 15 is 0 Å². The predicted octanol–water partition coefficient (Wildman–Crippen LogP) is 3.45. The number of ether oxygens (including phenoxy) is 1. The summed E-state index contributed by atoms with van der Waals surface area (Å²) < 4.78 is 30.3. The molecule has 2 heterocycles. The number of hydrogen-bond donors (Lipinski definition) is 0. The molecule has 1 unspecified atom stereocenters. The highest BCUT2D eigenvalue weighted by atomic mass is 19.3. The lowest BCUT2D eigenvalue weighted by Crippen LogP contribution is -2.41. The molecule has 0 N–H and O–H groups in total. The van der Waals surface area contributed by atoms with Crippen molar-refractivity contribution >= 4 is 5.91 Å². The van der Waals surface area contributed by atoms with Crippen LogP contribution >= 0.6 is 0 Å². The van der Waals surface area contributed by atoms with E-state index in [1.165, 1.54) is 17.8 Å². The fraction of sp³-hybridized carbons (Fsp3) is 0.750. The zero-order valence-electron chi connectivity index (χ0n) is 14.0. The van der Waals surface area contributed by atoms with E-state index in [-0.39, 0.29) is 23.5 Å². The molecule has 1 amide bonds. The Morgan fingerprint density at radius 1 is 1.39 bits per heavy atom. The van der Waals surface area contributed by atoms with Crippen LogP contribution in [-0.2, 0) is 7.05 Å². The molecule has 0 aromatic carbocycles. The van der Waals surface area contributed by atoms with Crippen molar-refractivity contribution in [2.24, 2.45) is 13.0 Å². The van der Waals surface area contributed by atoms with Crippen molar-refractivity contribution in [2.75, 3.05) is 6.54 Å².